The summed E-state index contributed by atoms with van der Waals surface area (Å²) >= 11 is 0. The Kier molecular flexibility index (Phi) is 4.21. The van der Waals surface area contributed by atoms with Crippen molar-refractivity contribution in [1.82, 2.24) is 14.9 Å². The first-order valence-electron chi connectivity index (χ1n) is 6.87. The predicted molar refractivity (Wildman–Crippen MR) is 70.7 cm³/mol. The molecule has 0 saturated heterocycles. The zero-order valence-corrected chi connectivity index (χ0v) is 11.3. The van der Waals surface area contributed by atoms with Crippen LogP contribution in [0.4, 0.5) is 0 Å². The van der Waals surface area contributed by atoms with Crippen LogP contribution in [-0.2, 0) is 7.05 Å². The molecule has 0 bridgehead atoms. The molecule has 1 aliphatic carbocycles. The number of rotatable bonds is 4. The summed E-state index contributed by atoms with van der Waals surface area (Å²) in [5.74, 6) is 2.91. The smallest absolute Gasteiger partial charge is 0.125 e. The van der Waals surface area contributed by atoms with Crippen LogP contribution in [0.1, 0.15) is 51.4 Å². The molecule has 0 aliphatic heterocycles. The first-order chi connectivity index (χ1) is 8.16. The highest BCUT2D eigenvalue weighted by molar-refractivity contribution is 4.97. The topological polar surface area (TPSA) is 29.9 Å². The second kappa shape index (κ2) is 5.67. The Bertz CT molecular complexity index is 345. The molecule has 1 aliphatic rings. The SMILES string of the molecule is CC1CCCC(CNC(C)c2nccn2C)C1. The van der Waals surface area contributed by atoms with E-state index in [0.29, 0.717) is 6.04 Å². The van der Waals surface area contributed by atoms with E-state index in [1.54, 1.807) is 0 Å². The Morgan fingerprint density at radius 1 is 1.53 bits per heavy atom. The molecule has 96 valence electrons. The zero-order valence-electron chi connectivity index (χ0n) is 11.3. The summed E-state index contributed by atoms with van der Waals surface area (Å²) in [5, 5.41) is 3.63. The van der Waals surface area contributed by atoms with Crippen LogP contribution in [0.3, 0.4) is 0 Å². The van der Waals surface area contributed by atoms with Crippen LogP contribution in [0.25, 0.3) is 0 Å². The Balaban J connectivity index is 1.80. The van der Waals surface area contributed by atoms with Gasteiger partial charge in [0.15, 0.2) is 0 Å². The van der Waals surface area contributed by atoms with E-state index in [4.69, 9.17) is 0 Å². The number of hydrogen-bond acceptors (Lipinski definition) is 2. The van der Waals surface area contributed by atoms with E-state index in [9.17, 15) is 0 Å². The van der Waals surface area contributed by atoms with E-state index in [2.05, 4.69) is 35.8 Å². The quantitative estimate of drug-likeness (QED) is 0.869. The van der Waals surface area contributed by atoms with Gasteiger partial charge in [-0.2, -0.15) is 0 Å². The van der Waals surface area contributed by atoms with Gasteiger partial charge in [0.2, 0.25) is 0 Å². The fraction of sp³-hybridized carbons (Fsp3) is 0.786. The van der Waals surface area contributed by atoms with E-state index in [0.717, 1.165) is 24.2 Å². The lowest BCUT2D eigenvalue weighted by atomic mass is 9.82. The zero-order chi connectivity index (χ0) is 12.3. The second-order valence-corrected chi connectivity index (χ2v) is 5.66. The molecule has 0 spiro atoms. The standard InChI is InChI=1S/C14H25N3/c1-11-5-4-6-13(9-11)10-16-12(2)14-15-7-8-17(14)3/h7-8,11-13,16H,4-6,9-10H2,1-3H3. The molecule has 3 unspecified atom stereocenters. The maximum Gasteiger partial charge on any atom is 0.125 e. The summed E-state index contributed by atoms with van der Waals surface area (Å²) in [5.41, 5.74) is 0. The molecule has 0 aromatic carbocycles. The molecule has 0 radical (unpaired) electrons. The second-order valence-electron chi connectivity index (χ2n) is 5.66. The lowest BCUT2D eigenvalue weighted by Crippen LogP contribution is -2.29. The molecular formula is C14H25N3. The normalized spacial score (nSPS) is 27.0. The average molecular weight is 235 g/mol. The van der Waals surface area contributed by atoms with Gasteiger partial charge in [-0.05, 0) is 38.1 Å². The number of imidazole rings is 1. The van der Waals surface area contributed by atoms with Crippen LogP contribution in [0, 0.1) is 11.8 Å². The molecule has 0 amide bonds. The molecule has 17 heavy (non-hydrogen) atoms. The van der Waals surface area contributed by atoms with Gasteiger partial charge in [0.25, 0.3) is 0 Å². The third-order valence-electron chi connectivity index (χ3n) is 4.00. The lowest BCUT2D eigenvalue weighted by Gasteiger charge is -2.28. The van der Waals surface area contributed by atoms with Gasteiger partial charge in [0.1, 0.15) is 5.82 Å². The summed E-state index contributed by atoms with van der Waals surface area (Å²) in [6.07, 6.45) is 9.49. The van der Waals surface area contributed by atoms with E-state index >= 15 is 0 Å². The number of aromatic nitrogens is 2. The average Bonchev–Trinajstić information content (AvgIpc) is 2.72. The Morgan fingerprint density at radius 3 is 3.00 bits per heavy atom. The predicted octanol–water partition coefficient (Wildman–Crippen LogP) is 2.90. The first kappa shape index (κ1) is 12.6. The number of hydrogen-bond donors (Lipinski definition) is 1. The van der Waals surface area contributed by atoms with Gasteiger partial charge >= 0.3 is 0 Å². The summed E-state index contributed by atoms with van der Waals surface area (Å²) in [4.78, 5) is 4.39. The summed E-state index contributed by atoms with van der Waals surface area (Å²) in [7, 11) is 2.06. The summed E-state index contributed by atoms with van der Waals surface area (Å²) in [6, 6.07) is 0.354. The van der Waals surface area contributed by atoms with Crippen LogP contribution in [0.15, 0.2) is 12.4 Å². The van der Waals surface area contributed by atoms with Gasteiger partial charge in [-0.15, -0.1) is 0 Å². The van der Waals surface area contributed by atoms with Gasteiger partial charge in [-0.1, -0.05) is 19.8 Å². The lowest BCUT2D eigenvalue weighted by molar-refractivity contribution is 0.267. The fourth-order valence-corrected chi connectivity index (χ4v) is 2.97. The molecule has 1 saturated carbocycles. The Morgan fingerprint density at radius 2 is 2.35 bits per heavy atom. The van der Waals surface area contributed by atoms with Crippen molar-refractivity contribution in [3.8, 4) is 0 Å². The van der Waals surface area contributed by atoms with Gasteiger partial charge in [0.05, 0.1) is 6.04 Å². The van der Waals surface area contributed by atoms with Gasteiger partial charge in [-0.3, -0.25) is 0 Å². The van der Waals surface area contributed by atoms with E-state index in [-0.39, 0.29) is 0 Å². The maximum absolute atomic E-state index is 4.39. The minimum atomic E-state index is 0.354. The highest BCUT2D eigenvalue weighted by atomic mass is 15.1. The summed E-state index contributed by atoms with van der Waals surface area (Å²) < 4.78 is 2.10. The monoisotopic (exact) mass is 235 g/mol. The van der Waals surface area contributed by atoms with Crippen molar-refractivity contribution in [3.63, 3.8) is 0 Å². The fourth-order valence-electron chi connectivity index (χ4n) is 2.97. The summed E-state index contributed by atoms with van der Waals surface area (Å²) in [6.45, 7) is 5.72. The van der Waals surface area contributed by atoms with Crippen molar-refractivity contribution >= 4 is 0 Å². The van der Waals surface area contributed by atoms with E-state index in [1.807, 2.05) is 12.4 Å². The third kappa shape index (κ3) is 3.32. The Labute approximate surface area is 105 Å². The van der Waals surface area contributed by atoms with Gasteiger partial charge < -0.3 is 9.88 Å². The molecular weight excluding hydrogens is 210 g/mol. The van der Waals surface area contributed by atoms with Gasteiger partial charge in [-0.25, -0.2) is 4.98 Å². The Hall–Kier alpha value is -0.830. The van der Waals surface area contributed by atoms with Gasteiger partial charge in [0, 0.05) is 19.4 Å². The largest absolute Gasteiger partial charge is 0.337 e. The van der Waals surface area contributed by atoms with Crippen molar-refractivity contribution in [2.45, 2.75) is 45.6 Å². The van der Waals surface area contributed by atoms with Crippen LogP contribution in [0.5, 0.6) is 0 Å². The molecule has 1 N–H and O–H groups in total. The molecule has 3 heteroatoms. The van der Waals surface area contributed by atoms with Crippen molar-refractivity contribution < 1.29 is 0 Å². The molecule has 1 aromatic heterocycles. The highest BCUT2D eigenvalue weighted by Gasteiger charge is 2.19. The first-order valence-corrected chi connectivity index (χ1v) is 6.87. The van der Waals surface area contributed by atoms with Crippen LogP contribution >= 0.6 is 0 Å². The number of nitrogens with one attached hydrogen (secondary N) is 1. The molecule has 3 nitrogen and oxygen atoms in total. The molecule has 3 atom stereocenters. The van der Waals surface area contributed by atoms with Crippen LogP contribution in [0.2, 0.25) is 0 Å². The molecule has 1 heterocycles. The van der Waals surface area contributed by atoms with E-state index in [1.165, 1.54) is 25.7 Å². The highest BCUT2D eigenvalue weighted by Crippen LogP contribution is 2.28. The van der Waals surface area contributed by atoms with Crippen molar-refractivity contribution in [2.24, 2.45) is 18.9 Å². The molecule has 2 rings (SSSR count). The number of nitrogens with zero attached hydrogens (tertiary/aromatic N) is 2. The van der Waals surface area contributed by atoms with Crippen LogP contribution in [-0.4, -0.2) is 16.1 Å². The van der Waals surface area contributed by atoms with E-state index < -0.39 is 0 Å². The maximum atomic E-state index is 4.39. The molecule has 1 aromatic rings. The van der Waals surface area contributed by atoms with Crippen molar-refractivity contribution in [1.29, 1.82) is 0 Å². The van der Waals surface area contributed by atoms with Crippen LogP contribution < -0.4 is 5.32 Å². The third-order valence-corrected chi connectivity index (χ3v) is 4.00. The van der Waals surface area contributed by atoms with Crippen molar-refractivity contribution in [2.75, 3.05) is 6.54 Å². The minimum Gasteiger partial charge on any atom is -0.337 e. The number of aryl methyl sites for hydroxylation is 1. The van der Waals surface area contributed by atoms with Crippen molar-refractivity contribution in [3.05, 3.63) is 18.2 Å². The molecule has 1 fully saturated rings. The minimum absolute atomic E-state index is 0.354.